The highest BCUT2D eigenvalue weighted by Gasteiger charge is 2.18. The number of methoxy groups -OCH3 is 1. The first kappa shape index (κ1) is 32.2. The van der Waals surface area contributed by atoms with Gasteiger partial charge < -0.3 is 40.7 Å². The number of ether oxygens (including phenoxy) is 1. The molecule has 7 rings (SSSR count). The summed E-state index contributed by atoms with van der Waals surface area (Å²) in [6.07, 6.45) is 3.66. The van der Waals surface area contributed by atoms with E-state index in [0.717, 1.165) is 65.8 Å². The van der Waals surface area contributed by atoms with Gasteiger partial charge in [0.1, 0.15) is 11.6 Å². The molecule has 49 heavy (non-hydrogen) atoms. The number of pyridine rings is 2. The Morgan fingerprint density at radius 1 is 0.837 bits per heavy atom. The van der Waals surface area contributed by atoms with Crippen molar-refractivity contribution in [3.05, 3.63) is 93.4 Å². The van der Waals surface area contributed by atoms with E-state index in [9.17, 15) is 15.2 Å². The maximum Gasteiger partial charge on any atom is 0.199 e. The summed E-state index contributed by atoms with van der Waals surface area (Å²) in [5.74, 6) is 1.73. The van der Waals surface area contributed by atoms with Gasteiger partial charge >= 0.3 is 0 Å². The Bertz CT molecular complexity index is 2400. The first-order valence-corrected chi connectivity index (χ1v) is 16.5. The summed E-state index contributed by atoms with van der Waals surface area (Å²) in [6.45, 7) is 7.52. The van der Waals surface area contributed by atoms with Crippen molar-refractivity contribution in [2.75, 3.05) is 56.2 Å². The van der Waals surface area contributed by atoms with Crippen LogP contribution in [0.2, 0.25) is 0 Å². The minimum Gasteiger partial charge on any atom is -0.733 e. The van der Waals surface area contributed by atoms with Gasteiger partial charge in [0.2, 0.25) is 0 Å². The van der Waals surface area contributed by atoms with E-state index < -0.39 is 0 Å². The highest BCUT2D eigenvalue weighted by Crippen LogP contribution is 2.39. The number of nitrogens with zero attached hydrogens (tertiary/aromatic N) is 3. The van der Waals surface area contributed by atoms with Crippen molar-refractivity contribution in [2.24, 2.45) is 0 Å². The van der Waals surface area contributed by atoms with Crippen LogP contribution in [0.1, 0.15) is 24.0 Å². The van der Waals surface area contributed by atoms with Gasteiger partial charge in [0.25, 0.3) is 0 Å². The van der Waals surface area contributed by atoms with Crippen molar-refractivity contribution < 1.29 is 9.94 Å². The van der Waals surface area contributed by atoms with Crippen molar-refractivity contribution in [1.82, 2.24) is 19.9 Å². The van der Waals surface area contributed by atoms with Gasteiger partial charge in [0.15, 0.2) is 5.43 Å². The molecule has 0 amide bonds. The average Bonchev–Trinajstić information content (AvgIpc) is 3.50. The zero-order chi connectivity index (χ0) is 34.2. The molecule has 0 aliphatic carbocycles. The molecule has 0 radical (unpaired) electrons. The van der Waals surface area contributed by atoms with Crippen LogP contribution >= 0.6 is 0 Å². The number of rotatable bonds is 12. The van der Waals surface area contributed by atoms with E-state index in [1.165, 1.54) is 28.0 Å². The van der Waals surface area contributed by atoms with Gasteiger partial charge in [-0.1, -0.05) is 12.1 Å². The van der Waals surface area contributed by atoms with Crippen LogP contribution in [0.15, 0.2) is 71.7 Å². The summed E-state index contributed by atoms with van der Waals surface area (Å²) >= 11 is 0. The third-order valence-corrected chi connectivity index (χ3v) is 9.57. The smallest absolute Gasteiger partial charge is 0.199 e. The fraction of sp³-hybridized carbons (Fsp3) is 0.263. The normalized spacial score (nSPS) is 11.8. The van der Waals surface area contributed by atoms with Crippen LogP contribution in [-0.2, 0) is 0 Å². The number of fused-ring (bicyclic) bond motifs is 6. The minimum absolute atomic E-state index is 0.00680. The summed E-state index contributed by atoms with van der Waals surface area (Å²) in [7, 11) is 3.80. The van der Waals surface area contributed by atoms with Crippen LogP contribution in [0.5, 0.6) is 5.75 Å². The Morgan fingerprint density at radius 2 is 1.57 bits per heavy atom. The van der Waals surface area contributed by atoms with Crippen LogP contribution in [-0.4, -0.2) is 65.4 Å². The molecule has 0 fully saturated rings. The van der Waals surface area contributed by atoms with Gasteiger partial charge in [0.05, 0.1) is 29.2 Å². The molecule has 0 unspecified atom stereocenters. The van der Waals surface area contributed by atoms with Gasteiger partial charge in [-0.15, -0.1) is 0 Å². The fourth-order valence-electron chi connectivity index (χ4n) is 7.08. The van der Waals surface area contributed by atoms with E-state index in [-0.39, 0.29) is 16.3 Å². The number of hydrogen-bond donors (Lipinski definition) is 5. The number of benzene rings is 4. The third-order valence-electron chi connectivity index (χ3n) is 9.57. The largest absolute Gasteiger partial charge is 0.733 e. The highest BCUT2D eigenvalue weighted by molar-refractivity contribution is 6.18. The van der Waals surface area contributed by atoms with E-state index in [1.54, 1.807) is 31.4 Å². The number of aryl methyl sites for hydroxylation is 2. The summed E-state index contributed by atoms with van der Waals surface area (Å²) in [4.78, 5) is 27.2. The molecule has 0 saturated carbocycles. The Labute approximate surface area is 283 Å². The summed E-state index contributed by atoms with van der Waals surface area (Å²) in [5, 5.41) is 33.8. The number of anilines is 3. The molecule has 3 heterocycles. The van der Waals surface area contributed by atoms with Crippen LogP contribution in [0.4, 0.5) is 17.2 Å². The maximum atomic E-state index is 13.4. The zero-order valence-corrected chi connectivity index (χ0v) is 28.1. The predicted molar refractivity (Wildman–Crippen MR) is 201 cm³/mol. The first-order valence-electron chi connectivity index (χ1n) is 16.5. The lowest BCUT2D eigenvalue weighted by Gasteiger charge is -2.24. The molecule has 0 aliphatic heterocycles. The van der Waals surface area contributed by atoms with E-state index >= 15 is 0 Å². The van der Waals surface area contributed by atoms with Crippen LogP contribution in [0.3, 0.4) is 0 Å². The van der Waals surface area contributed by atoms with Crippen molar-refractivity contribution in [3.63, 3.8) is 0 Å². The number of H-pyrrole nitrogens is 2. The lowest BCUT2D eigenvalue weighted by Crippen LogP contribution is -2.24. The molecular formula is C38H40N7O4-. The second kappa shape index (κ2) is 13.3. The van der Waals surface area contributed by atoms with Crippen LogP contribution in [0, 0.1) is 19.1 Å². The molecule has 4 aromatic carbocycles. The monoisotopic (exact) mass is 658 g/mol. The van der Waals surface area contributed by atoms with Crippen molar-refractivity contribution in [3.8, 4) is 5.75 Å². The minimum atomic E-state index is -0.209. The molecule has 0 saturated heterocycles. The number of aromatic amines is 2. The number of nitrogens with one attached hydrogen (secondary N) is 4. The fourth-order valence-corrected chi connectivity index (χ4v) is 7.08. The van der Waals surface area contributed by atoms with Gasteiger partial charge in [0, 0.05) is 57.6 Å². The maximum absolute atomic E-state index is 13.4. The second-order valence-electron chi connectivity index (χ2n) is 12.6. The molecule has 0 aliphatic rings. The number of aromatic nitrogens is 3. The molecule has 0 spiro atoms. The molecule has 0 atom stereocenters. The lowest BCUT2D eigenvalue weighted by atomic mass is 9.96. The molecule has 7 aromatic rings. The van der Waals surface area contributed by atoms with E-state index in [4.69, 9.17) is 9.72 Å². The molecule has 11 nitrogen and oxygen atoms in total. The topological polar surface area (TPSA) is 145 Å². The summed E-state index contributed by atoms with van der Waals surface area (Å²) in [5.41, 5.74) is 5.94. The molecule has 11 heteroatoms. The Balaban J connectivity index is 0.987. The van der Waals surface area contributed by atoms with Gasteiger partial charge in [-0.2, -0.15) is 0 Å². The van der Waals surface area contributed by atoms with Gasteiger partial charge in [-0.05, 0) is 112 Å². The number of hydrogen-bond acceptors (Lipinski definition) is 9. The van der Waals surface area contributed by atoms with E-state index in [2.05, 4.69) is 64.6 Å². The van der Waals surface area contributed by atoms with Crippen molar-refractivity contribution in [1.29, 1.82) is 0 Å². The van der Waals surface area contributed by atoms with E-state index in [1.807, 2.05) is 18.3 Å². The quantitative estimate of drug-likeness (QED) is 0.0515. The summed E-state index contributed by atoms with van der Waals surface area (Å²) in [6, 6.07) is 18.6. The van der Waals surface area contributed by atoms with Crippen molar-refractivity contribution >= 4 is 71.6 Å². The van der Waals surface area contributed by atoms with Crippen LogP contribution in [0.25, 0.3) is 54.4 Å². The van der Waals surface area contributed by atoms with Gasteiger partial charge in [-0.3, -0.25) is 10.0 Å². The molecule has 252 valence electrons. The zero-order valence-electron chi connectivity index (χ0n) is 28.1. The Kier molecular flexibility index (Phi) is 8.72. The molecular weight excluding hydrogens is 618 g/mol. The molecule has 0 bridgehead atoms. The Morgan fingerprint density at radius 3 is 2.35 bits per heavy atom. The predicted octanol–water partition coefficient (Wildman–Crippen LogP) is 7.42. The second-order valence-corrected chi connectivity index (χ2v) is 12.6. The first-order chi connectivity index (χ1) is 23.8. The average molecular weight is 659 g/mol. The number of para-hydroxylation sites is 1. The Hall–Kier alpha value is -5.36. The standard InChI is InChI=1S/C38H40N7O4/c1-22-25-15-18-41-38(33(25)23(2)32-27-21-24(49-4)11-12-29(27)42-35(22)32)40-17-8-20-44(3)19-7-16-39-30-13-14-31(45(47)48)36-34(30)37(46)26-9-5-6-10-28(26)43-36/h5-6,9-15,18,21,39,42,47H,7-8,16-17,19-20H2,1-4H3,(H,40,41)(H,43,46)/q-1. The SMILES string of the molecule is COc1ccc2[nH]c3c(C)c4ccnc(NCCCN(C)CCCNc5ccc(N([O-])O)c6[nH]c7ccccc7c(=O)c56)c4c(C)c3c2c1. The summed E-state index contributed by atoms with van der Waals surface area (Å²) < 4.78 is 5.52. The molecule has 5 N–H and O–H groups in total. The van der Waals surface area contributed by atoms with Crippen LogP contribution < -0.4 is 26.0 Å². The third kappa shape index (κ3) is 5.86. The van der Waals surface area contributed by atoms with E-state index in [0.29, 0.717) is 34.0 Å². The molecule has 3 aromatic heterocycles. The van der Waals surface area contributed by atoms with Gasteiger partial charge in [-0.25, -0.2) is 4.98 Å². The highest BCUT2D eigenvalue weighted by atomic mass is 16.8. The lowest BCUT2D eigenvalue weighted by molar-refractivity contribution is 0.297. The van der Waals surface area contributed by atoms with Crippen molar-refractivity contribution in [2.45, 2.75) is 26.7 Å².